The zero-order valence-electron chi connectivity index (χ0n) is 9.36. The summed E-state index contributed by atoms with van der Waals surface area (Å²) in [6.07, 6.45) is 2.66. The summed E-state index contributed by atoms with van der Waals surface area (Å²) < 4.78 is 5.95. The molecule has 0 N–H and O–H groups in total. The maximum absolute atomic E-state index is 12.5. The van der Waals surface area contributed by atoms with Gasteiger partial charge in [-0.25, -0.2) is 0 Å². The smallest absolute Gasteiger partial charge is 0.211 e. The summed E-state index contributed by atoms with van der Waals surface area (Å²) in [5, 5.41) is 0. The molecule has 0 bridgehead atoms. The minimum absolute atomic E-state index is 0.0245. The molecule has 0 aromatic heterocycles. The van der Waals surface area contributed by atoms with Gasteiger partial charge in [0.25, 0.3) is 0 Å². The molecule has 3 nitrogen and oxygen atoms in total. The van der Waals surface area contributed by atoms with Crippen molar-refractivity contribution in [2.24, 2.45) is 5.41 Å². The van der Waals surface area contributed by atoms with Crippen LogP contribution >= 0.6 is 0 Å². The van der Waals surface area contributed by atoms with E-state index in [9.17, 15) is 9.59 Å². The lowest BCUT2D eigenvalue weighted by molar-refractivity contribution is -0.124. The fraction of sp³-hybridized carbons (Fsp3) is 0.429. The minimum Gasteiger partial charge on any atom is -0.477 e. The van der Waals surface area contributed by atoms with Gasteiger partial charge in [0.2, 0.25) is 5.78 Å². The van der Waals surface area contributed by atoms with E-state index in [2.05, 4.69) is 0 Å². The van der Waals surface area contributed by atoms with E-state index in [-0.39, 0.29) is 11.6 Å². The van der Waals surface area contributed by atoms with Crippen LogP contribution in [0.3, 0.4) is 0 Å². The lowest BCUT2D eigenvalue weighted by Gasteiger charge is -2.27. The van der Waals surface area contributed by atoms with Crippen molar-refractivity contribution in [3.05, 3.63) is 29.8 Å². The van der Waals surface area contributed by atoms with Gasteiger partial charge in [-0.15, -0.1) is 0 Å². The zero-order chi connectivity index (χ0) is 11.7. The van der Waals surface area contributed by atoms with Gasteiger partial charge in [0.05, 0.1) is 11.0 Å². The van der Waals surface area contributed by atoms with Gasteiger partial charge in [-0.2, -0.15) is 0 Å². The Morgan fingerprint density at radius 1 is 1.06 bits per heavy atom. The number of para-hydroxylation sites is 1. The molecule has 3 aliphatic rings. The number of ether oxygens (including phenoxy) is 1. The van der Waals surface area contributed by atoms with Crippen LogP contribution in [-0.4, -0.2) is 17.2 Å². The van der Waals surface area contributed by atoms with E-state index in [1.807, 2.05) is 18.2 Å². The Bertz CT molecular complexity index is 556. The highest BCUT2D eigenvalue weighted by Crippen LogP contribution is 2.65. The molecule has 3 heteroatoms. The molecule has 1 aliphatic heterocycles. The van der Waals surface area contributed by atoms with E-state index in [1.165, 1.54) is 0 Å². The van der Waals surface area contributed by atoms with E-state index < -0.39 is 11.0 Å². The maximum Gasteiger partial charge on any atom is 0.211 e. The number of rotatable bonds is 0. The number of carbonyl (C=O) groups is 2. The average molecular weight is 228 g/mol. The third-order valence-corrected chi connectivity index (χ3v) is 4.54. The van der Waals surface area contributed by atoms with Crippen LogP contribution in [0.25, 0.3) is 0 Å². The van der Waals surface area contributed by atoms with Crippen LogP contribution in [0, 0.1) is 5.41 Å². The number of ketones is 2. The SMILES string of the molecule is O=C1CCC2(Oc3ccccc3C2=O)C12CC2. The van der Waals surface area contributed by atoms with E-state index >= 15 is 0 Å². The highest BCUT2D eigenvalue weighted by Gasteiger charge is 2.74. The number of Topliss-reactive ketones (excluding diaryl/α,β-unsaturated/α-hetero) is 2. The molecule has 86 valence electrons. The van der Waals surface area contributed by atoms with Crippen LogP contribution in [0.2, 0.25) is 0 Å². The Balaban J connectivity index is 1.90. The Morgan fingerprint density at radius 3 is 2.53 bits per heavy atom. The molecular formula is C14H12O3. The van der Waals surface area contributed by atoms with Crippen LogP contribution < -0.4 is 4.74 Å². The minimum atomic E-state index is -0.853. The number of hydrogen-bond donors (Lipinski definition) is 0. The quantitative estimate of drug-likeness (QED) is 0.683. The topological polar surface area (TPSA) is 43.4 Å². The molecule has 1 heterocycles. The van der Waals surface area contributed by atoms with Gasteiger partial charge in [0.15, 0.2) is 5.60 Å². The van der Waals surface area contributed by atoms with Crippen LogP contribution in [0.5, 0.6) is 5.75 Å². The van der Waals surface area contributed by atoms with Gasteiger partial charge in [0.1, 0.15) is 11.5 Å². The molecule has 0 amide bonds. The monoisotopic (exact) mass is 228 g/mol. The summed E-state index contributed by atoms with van der Waals surface area (Å²) in [6.45, 7) is 0. The summed E-state index contributed by atoms with van der Waals surface area (Å²) in [5.41, 5.74) is -0.690. The van der Waals surface area contributed by atoms with Crippen molar-refractivity contribution < 1.29 is 14.3 Å². The van der Waals surface area contributed by atoms with Crippen molar-refractivity contribution in [3.63, 3.8) is 0 Å². The number of fused-ring (bicyclic) bond motifs is 2. The van der Waals surface area contributed by atoms with Crippen LogP contribution in [-0.2, 0) is 4.79 Å². The molecular weight excluding hydrogens is 216 g/mol. The van der Waals surface area contributed by atoms with Gasteiger partial charge in [-0.05, 0) is 25.0 Å². The number of carbonyl (C=O) groups excluding carboxylic acids is 2. The Kier molecular flexibility index (Phi) is 1.44. The van der Waals surface area contributed by atoms with Gasteiger partial charge in [0, 0.05) is 12.8 Å². The lowest BCUT2D eigenvalue weighted by atomic mass is 9.82. The fourth-order valence-electron chi connectivity index (χ4n) is 3.48. The van der Waals surface area contributed by atoms with E-state index in [0.29, 0.717) is 24.2 Å². The first-order valence-corrected chi connectivity index (χ1v) is 6.06. The second-order valence-corrected chi connectivity index (χ2v) is 5.26. The Labute approximate surface area is 98.8 Å². The summed E-state index contributed by atoms with van der Waals surface area (Å²) in [4.78, 5) is 24.5. The molecule has 4 rings (SSSR count). The van der Waals surface area contributed by atoms with Crippen LogP contribution in [0.1, 0.15) is 36.0 Å². The first kappa shape index (κ1) is 9.40. The molecule has 1 atom stereocenters. The van der Waals surface area contributed by atoms with E-state index in [1.54, 1.807) is 6.07 Å². The summed E-state index contributed by atoms with van der Waals surface area (Å²) >= 11 is 0. The first-order chi connectivity index (χ1) is 8.20. The van der Waals surface area contributed by atoms with Crippen molar-refractivity contribution in [1.29, 1.82) is 0 Å². The summed E-state index contributed by atoms with van der Waals surface area (Å²) in [5.74, 6) is 0.897. The third-order valence-electron chi connectivity index (χ3n) is 4.54. The predicted molar refractivity (Wildman–Crippen MR) is 60.0 cm³/mol. The molecule has 1 aromatic rings. The lowest BCUT2D eigenvalue weighted by Crippen LogP contribution is -2.46. The molecule has 2 saturated carbocycles. The molecule has 1 unspecified atom stereocenters. The van der Waals surface area contributed by atoms with Crippen molar-refractivity contribution in [3.8, 4) is 5.75 Å². The standard InChI is InChI=1S/C14H12O3/c15-11-5-6-14(13(11)7-8-13)12(16)9-3-1-2-4-10(9)17-14/h1-4H,5-8H2. The van der Waals surface area contributed by atoms with Crippen molar-refractivity contribution in [2.75, 3.05) is 0 Å². The zero-order valence-corrected chi connectivity index (χ0v) is 9.36. The second-order valence-electron chi connectivity index (χ2n) is 5.26. The maximum atomic E-state index is 12.5. The first-order valence-electron chi connectivity index (χ1n) is 6.06. The van der Waals surface area contributed by atoms with Gasteiger partial charge in [-0.3, -0.25) is 9.59 Å². The highest BCUT2D eigenvalue weighted by molar-refractivity contribution is 6.13. The molecule has 0 radical (unpaired) electrons. The van der Waals surface area contributed by atoms with Gasteiger partial charge < -0.3 is 4.74 Å². The van der Waals surface area contributed by atoms with Crippen LogP contribution in [0.15, 0.2) is 24.3 Å². The predicted octanol–water partition coefficient (Wildman–Crippen LogP) is 2.14. The van der Waals surface area contributed by atoms with Crippen molar-refractivity contribution in [2.45, 2.75) is 31.3 Å². The largest absolute Gasteiger partial charge is 0.477 e. The fourth-order valence-corrected chi connectivity index (χ4v) is 3.48. The van der Waals surface area contributed by atoms with Crippen molar-refractivity contribution >= 4 is 11.6 Å². The number of hydrogen-bond acceptors (Lipinski definition) is 3. The normalized spacial score (nSPS) is 32.0. The molecule has 2 fully saturated rings. The molecule has 1 aromatic carbocycles. The van der Waals surface area contributed by atoms with E-state index in [4.69, 9.17) is 4.74 Å². The van der Waals surface area contributed by atoms with Gasteiger partial charge in [-0.1, -0.05) is 12.1 Å². The molecule has 2 spiro atoms. The molecule has 0 saturated heterocycles. The molecule has 2 aliphatic carbocycles. The Morgan fingerprint density at radius 2 is 1.82 bits per heavy atom. The average Bonchev–Trinajstić information content (AvgIpc) is 3.05. The highest BCUT2D eigenvalue weighted by atomic mass is 16.5. The van der Waals surface area contributed by atoms with E-state index in [0.717, 1.165) is 12.8 Å². The summed E-state index contributed by atoms with van der Waals surface area (Å²) in [6, 6.07) is 7.32. The second kappa shape index (κ2) is 2.61. The Hall–Kier alpha value is -1.64. The van der Waals surface area contributed by atoms with Gasteiger partial charge >= 0.3 is 0 Å². The molecule has 17 heavy (non-hydrogen) atoms. The third kappa shape index (κ3) is 0.865. The summed E-state index contributed by atoms with van der Waals surface area (Å²) in [7, 11) is 0. The number of benzene rings is 1. The van der Waals surface area contributed by atoms with Crippen molar-refractivity contribution in [1.82, 2.24) is 0 Å². The van der Waals surface area contributed by atoms with Crippen LogP contribution in [0.4, 0.5) is 0 Å².